The van der Waals surface area contributed by atoms with Gasteiger partial charge in [0.1, 0.15) is 17.4 Å². The number of hydrogen-bond donors (Lipinski definition) is 3. The van der Waals surface area contributed by atoms with Gasteiger partial charge in [0.15, 0.2) is 5.78 Å². The Bertz CT molecular complexity index is 1260. The Labute approximate surface area is 216 Å². The molecule has 8 heteroatoms. The van der Waals surface area contributed by atoms with E-state index in [0.717, 1.165) is 42.6 Å². The molecule has 2 heterocycles. The number of aromatic nitrogens is 3. The molecule has 3 N–H and O–H groups in total. The first-order chi connectivity index (χ1) is 17.0. The molecular formula is C28H34ClN3O4. The molecule has 0 amide bonds. The Morgan fingerprint density at radius 3 is 2.75 bits per heavy atom. The number of ketones is 1. The third-order valence-corrected chi connectivity index (χ3v) is 10.8. The van der Waals surface area contributed by atoms with Crippen LogP contribution in [0.3, 0.4) is 0 Å². The molecule has 0 bridgehead atoms. The molecule has 8 atom stereocenters. The van der Waals surface area contributed by atoms with Crippen molar-refractivity contribution in [1.29, 1.82) is 0 Å². The summed E-state index contributed by atoms with van der Waals surface area (Å²) >= 11 is 5.98. The van der Waals surface area contributed by atoms with Crippen molar-refractivity contribution in [2.75, 3.05) is 6.61 Å². The molecule has 2 aromatic rings. The van der Waals surface area contributed by atoms with Crippen molar-refractivity contribution < 1.29 is 20.1 Å². The van der Waals surface area contributed by atoms with E-state index in [0.29, 0.717) is 11.6 Å². The Balaban J connectivity index is 1.38. The van der Waals surface area contributed by atoms with Crippen molar-refractivity contribution >= 4 is 23.5 Å². The van der Waals surface area contributed by atoms with Gasteiger partial charge in [0.25, 0.3) is 0 Å². The van der Waals surface area contributed by atoms with E-state index < -0.39 is 29.5 Å². The molecule has 0 aromatic carbocycles. The number of fused-ring (bicyclic) bond motifs is 6. The molecule has 4 aliphatic carbocycles. The first-order valence-electron chi connectivity index (χ1n) is 13.0. The fourth-order valence-electron chi connectivity index (χ4n) is 8.93. The van der Waals surface area contributed by atoms with Crippen LogP contribution in [0.5, 0.6) is 0 Å². The van der Waals surface area contributed by atoms with Crippen LogP contribution in [0.25, 0.3) is 11.8 Å². The summed E-state index contributed by atoms with van der Waals surface area (Å²) in [6, 6.07) is 3.67. The zero-order valence-electron chi connectivity index (χ0n) is 21.0. The molecule has 3 saturated carbocycles. The van der Waals surface area contributed by atoms with Gasteiger partial charge in [-0.1, -0.05) is 37.9 Å². The number of Topliss-reactive ketones (excluding diaryl/α,β-unsaturated/α-hetero) is 1. The average molecular weight is 512 g/mol. The molecular weight excluding hydrogens is 478 g/mol. The standard InChI is InChI=1S/C28H34ClN3O4/c1-15-8-20-19-6-4-17-9-21-16(12-31-32(21)18-5-7-24(29)30-13-18)10-26(17,2)25(19)22(34)11-27(20,3)28(15,36)23(35)14-33/h5,7,9,12-13,15,19-20,22,25,33-34,36H,4,6,8,10-11,14H2,1-3H3/t15-,19+,20+,22+,25-,26+,27+,28+/m1/s1. The Morgan fingerprint density at radius 1 is 1.28 bits per heavy atom. The van der Waals surface area contributed by atoms with Crippen molar-refractivity contribution in [1.82, 2.24) is 14.8 Å². The fourth-order valence-corrected chi connectivity index (χ4v) is 9.04. The molecule has 0 saturated heterocycles. The van der Waals surface area contributed by atoms with Crippen molar-refractivity contribution in [2.45, 2.75) is 64.6 Å². The second-order valence-corrected chi connectivity index (χ2v) is 12.5. The molecule has 0 aliphatic heterocycles. The van der Waals surface area contributed by atoms with E-state index in [1.54, 1.807) is 12.3 Å². The minimum absolute atomic E-state index is 0.0306. The summed E-state index contributed by atoms with van der Waals surface area (Å²) in [7, 11) is 0. The number of hydrogen-bond acceptors (Lipinski definition) is 6. The molecule has 6 rings (SSSR count). The van der Waals surface area contributed by atoms with Crippen LogP contribution in [0.1, 0.15) is 57.7 Å². The topological polar surface area (TPSA) is 108 Å². The molecule has 4 aliphatic rings. The second kappa shape index (κ2) is 7.97. The third-order valence-electron chi connectivity index (χ3n) is 10.5. The maximum absolute atomic E-state index is 12.8. The number of aliphatic hydroxyl groups is 3. The van der Waals surface area contributed by atoms with Gasteiger partial charge in [-0.2, -0.15) is 5.10 Å². The highest BCUT2D eigenvalue weighted by molar-refractivity contribution is 6.29. The number of aliphatic hydroxyl groups excluding tert-OH is 2. The molecule has 0 radical (unpaired) electrons. The fraction of sp³-hybridized carbons (Fsp3) is 0.607. The Morgan fingerprint density at radius 2 is 2.06 bits per heavy atom. The van der Waals surface area contributed by atoms with E-state index in [1.165, 1.54) is 5.57 Å². The molecule has 3 fully saturated rings. The van der Waals surface area contributed by atoms with Gasteiger partial charge in [-0.05, 0) is 85.0 Å². The van der Waals surface area contributed by atoms with E-state index >= 15 is 0 Å². The number of allylic oxidation sites excluding steroid dienone is 1. The summed E-state index contributed by atoms with van der Waals surface area (Å²) in [5.74, 6) is -0.431. The van der Waals surface area contributed by atoms with Crippen molar-refractivity contribution in [3.63, 3.8) is 0 Å². The lowest BCUT2D eigenvalue weighted by atomic mass is 9.45. The van der Waals surface area contributed by atoms with Crippen molar-refractivity contribution in [3.8, 4) is 5.69 Å². The number of nitrogens with zero attached hydrogens (tertiary/aromatic N) is 3. The van der Waals surface area contributed by atoms with Gasteiger partial charge in [0.05, 0.1) is 29.9 Å². The third kappa shape index (κ3) is 3.00. The monoisotopic (exact) mass is 511 g/mol. The molecule has 36 heavy (non-hydrogen) atoms. The van der Waals surface area contributed by atoms with Gasteiger partial charge in [-0.25, -0.2) is 9.67 Å². The molecule has 0 unspecified atom stereocenters. The average Bonchev–Trinajstić information content (AvgIpc) is 3.33. The van der Waals surface area contributed by atoms with Gasteiger partial charge in [-0.3, -0.25) is 4.79 Å². The number of carbonyl (C=O) groups excluding carboxylic acids is 1. The van der Waals surface area contributed by atoms with E-state index in [1.807, 2.05) is 30.8 Å². The zero-order valence-corrected chi connectivity index (χ0v) is 21.7. The normalized spacial score (nSPS) is 41.1. The summed E-state index contributed by atoms with van der Waals surface area (Å²) in [6.45, 7) is 5.48. The van der Waals surface area contributed by atoms with Gasteiger partial charge in [-0.15, -0.1) is 0 Å². The lowest BCUT2D eigenvalue weighted by Crippen LogP contribution is -2.63. The van der Waals surface area contributed by atoms with Crippen LogP contribution in [0, 0.1) is 34.5 Å². The van der Waals surface area contributed by atoms with Crippen molar-refractivity contribution in [2.24, 2.45) is 34.5 Å². The van der Waals surface area contributed by atoms with E-state index in [4.69, 9.17) is 11.6 Å². The van der Waals surface area contributed by atoms with Gasteiger partial charge in [0.2, 0.25) is 0 Å². The predicted molar refractivity (Wildman–Crippen MR) is 135 cm³/mol. The minimum Gasteiger partial charge on any atom is -0.393 e. The van der Waals surface area contributed by atoms with Crippen LogP contribution in [-0.4, -0.2) is 54.2 Å². The maximum Gasteiger partial charge on any atom is 0.190 e. The van der Waals surface area contributed by atoms with Crippen LogP contribution >= 0.6 is 11.6 Å². The molecule has 0 spiro atoms. The highest BCUT2D eigenvalue weighted by Gasteiger charge is 2.70. The summed E-state index contributed by atoms with van der Waals surface area (Å²) in [6.07, 6.45) is 8.93. The predicted octanol–water partition coefficient (Wildman–Crippen LogP) is 3.61. The maximum atomic E-state index is 12.8. The smallest absolute Gasteiger partial charge is 0.190 e. The van der Waals surface area contributed by atoms with Crippen LogP contribution in [0.2, 0.25) is 5.15 Å². The number of carbonyl (C=O) groups is 1. The van der Waals surface area contributed by atoms with E-state index in [-0.39, 0.29) is 29.1 Å². The first-order valence-corrected chi connectivity index (χ1v) is 13.4. The minimum atomic E-state index is -1.61. The highest BCUT2D eigenvalue weighted by Crippen LogP contribution is 2.68. The lowest BCUT2D eigenvalue weighted by Gasteiger charge is -2.60. The summed E-state index contributed by atoms with van der Waals surface area (Å²) in [5, 5.41) is 38.2. The molecule has 192 valence electrons. The highest BCUT2D eigenvalue weighted by atomic mass is 35.5. The summed E-state index contributed by atoms with van der Waals surface area (Å²) < 4.78 is 1.91. The number of halogens is 1. The lowest BCUT2D eigenvalue weighted by molar-refractivity contribution is -0.186. The summed E-state index contributed by atoms with van der Waals surface area (Å²) in [5.41, 5.74) is 1.79. The van der Waals surface area contributed by atoms with Crippen molar-refractivity contribution in [3.05, 3.63) is 46.5 Å². The molecule has 7 nitrogen and oxygen atoms in total. The van der Waals surface area contributed by atoms with Crippen LogP contribution in [0.4, 0.5) is 0 Å². The van der Waals surface area contributed by atoms with Gasteiger partial charge >= 0.3 is 0 Å². The first kappa shape index (κ1) is 24.3. The van der Waals surface area contributed by atoms with Crippen LogP contribution < -0.4 is 0 Å². The van der Waals surface area contributed by atoms with Crippen LogP contribution in [0.15, 0.2) is 30.1 Å². The number of rotatable bonds is 3. The Hall–Kier alpha value is -2.06. The van der Waals surface area contributed by atoms with E-state index in [9.17, 15) is 20.1 Å². The number of pyridine rings is 1. The summed E-state index contributed by atoms with van der Waals surface area (Å²) in [4.78, 5) is 17.0. The largest absolute Gasteiger partial charge is 0.393 e. The zero-order chi connectivity index (χ0) is 25.6. The van der Waals surface area contributed by atoms with Gasteiger partial charge < -0.3 is 15.3 Å². The van der Waals surface area contributed by atoms with Gasteiger partial charge in [0, 0.05) is 5.41 Å². The molecule has 2 aromatic heterocycles. The SMILES string of the molecule is C[C@@H]1C[C@H]2[C@@H]3CCC4=Cc5c(cnn5-c5ccc(Cl)nc5)C[C@]4(C)[C@H]3[C@@H](O)C[C@]2(C)[C@@]1(O)C(=O)CO. The second-order valence-electron chi connectivity index (χ2n) is 12.1. The van der Waals surface area contributed by atoms with Crippen LogP contribution in [-0.2, 0) is 11.2 Å². The Kier molecular flexibility index (Phi) is 5.38. The van der Waals surface area contributed by atoms with E-state index in [2.05, 4.69) is 23.1 Å². The quantitative estimate of drug-likeness (QED) is 0.543.